The molecule has 0 saturated carbocycles. The number of rotatable bonds is 4. The molecule has 2 amide bonds. The number of nitrogens with zero attached hydrogens (tertiary/aromatic N) is 2. The van der Waals surface area contributed by atoms with E-state index >= 15 is 0 Å². The van der Waals surface area contributed by atoms with Crippen LogP contribution in [0.3, 0.4) is 0 Å². The van der Waals surface area contributed by atoms with Crippen molar-refractivity contribution in [3.8, 4) is 0 Å². The molecule has 1 saturated heterocycles. The Balaban J connectivity index is 1.90. The van der Waals surface area contributed by atoms with Crippen LogP contribution in [0.5, 0.6) is 0 Å². The first-order chi connectivity index (χ1) is 10.5. The molecule has 0 radical (unpaired) electrons. The Hall–Kier alpha value is -1.70. The van der Waals surface area contributed by atoms with Crippen molar-refractivity contribution in [2.45, 2.75) is 70.6 Å². The van der Waals surface area contributed by atoms with Crippen LogP contribution < -0.4 is 16.0 Å². The molecule has 1 aliphatic rings. The van der Waals surface area contributed by atoms with Gasteiger partial charge in [-0.25, -0.2) is 13.6 Å². The summed E-state index contributed by atoms with van der Waals surface area (Å²) in [4.78, 5) is 12.1. The number of hydrogen-bond acceptors (Lipinski definition) is 3. The third-order valence-corrected chi connectivity index (χ3v) is 3.74. The van der Waals surface area contributed by atoms with Crippen LogP contribution in [-0.2, 0) is 6.54 Å². The molecule has 8 heteroatoms. The minimum Gasteiger partial charge on any atom is -0.335 e. The van der Waals surface area contributed by atoms with E-state index in [0.717, 1.165) is 17.5 Å². The largest absolute Gasteiger partial charge is 0.335 e. The first-order valence-electron chi connectivity index (χ1n) is 7.72. The molecule has 6 nitrogen and oxygen atoms in total. The number of urea groups is 1. The van der Waals surface area contributed by atoms with Crippen LogP contribution in [0.2, 0.25) is 0 Å². The van der Waals surface area contributed by atoms with Crippen LogP contribution in [-0.4, -0.2) is 39.4 Å². The lowest BCUT2D eigenvalue weighted by Gasteiger charge is -2.46. The Labute approximate surface area is 135 Å². The van der Waals surface area contributed by atoms with E-state index in [4.69, 9.17) is 0 Å². The molecule has 0 bridgehead atoms. The molecule has 1 aliphatic heterocycles. The van der Waals surface area contributed by atoms with Crippen LogP contribution >= 0.6 is 0 Å². The standard InChI is InChI=1S/C15H25F2N5O/c1-14(2)5-10(6-15(3,4)21-14)19-13(23)20-11-7-18-22(8-11)9-12(16)17/h7-8,10,12,21H,5-6,9H2,1-4H3,(H2,19,20,23). The summed E-state index contributed by atoms with van der Waals surface area (Å²) in [7, 11) is 0. The summed E-state index contributed by atoms with van der Waals surface area (Å²) in [6.07, 6.45) is 1.90. The van der Waals surface area contributed by atoms with Gasteiger partial charge in [-0.05, 0) is 40.5 Å². The summed E-state index contributed by atoms with van der Waals surface area (Å²) < 4.78 is 25.7. The molecule has 2 rings (SSSR count). The third kappa shape index (κ3) is 5.46. The molecule has 0 spiro atoms. The fourth-order valence-corrected chi connectivity index (χ4v) is 3.45. The van der Waals surface area contributed by atoms with Crippen LogP contribution in [0.15, 0.2) is 12.4 Å². The molecule has 1 aromatic rings. The van der Waals surface area contributed by atoms with Gasteiger partial charge in [-0.2, -0.15) is 5.10 Å². The number of alkyl halides is 2. The van der Waals surface area contributed by atoms with E-state index in [1.54, 1.807) is 0 Å². The molecular weight excluding hydrogens is 304 g/mol. The maximum atomic E-state index is 12.3. The van der Waals surface area contributed by atoms with Crippen molar-refractivity contribution in [1.29, 1.82) is 0 Å². The van der Waals surface area contributed by atoms with Crippen molar-refractivity contribution < 1.29 is 13.6 Å². The van der Waals surface area contributed by atoms with Gasteiger partial charge in [0.25, 0.3) is 6.43 Å². The van der Waals surface area contributed by atoms with Gasteiger partial charge in [0, 0.05) is 23.3 Å². The highest BCUT2D eigenvalue weighted by molar-refractivity contribution is 5.89. The smallest absolute Gasteiger partial charge is 0.319 e. The van der Waals surface area contributed by atoms with Gasteiger partial charge in [0.2, 0.25) is 0 Å². The fourth-order valence-electron chi connectivity index (χ4n) is 3.45. The Morgan fingerprint density at radius 2 is 2.00 bits per heavy atom. The van der Waals surface area contributed by atoms with Gasteiger partial charge < -0.3 is 16.0 Å². The minimum absolute atomic E-state index is 0.0392. The summed E-state index contributed by atoms with van der Waals surface area (Å²) in [6.45, 7) is 7.94. The van der Waals surface area contributed by atoms with Crippen LogP contribution in [0.25, 0.3) is 0 Å². The van der Waals surface area contributed by atoms with Gasteiger partial charge in [-0.15, -0.1) is 0 Å². The second-order valence-electron chi connectivity index (χ2n) is 7.44. The molecule has 1 fully saturated rings. The zero-order valence-electron chi connectivity index (χ0n) is 14.0. The molecule has 1 aromatic heterocycles. The van der Waals surface area contributed by atoms with E-state index in [1.165, 1.54) is 12.4 Å². The van der Waals surface area contributed by atoms with Crippen LogP contribution in [0.4, 0.5) is 19.3 Å². The van der Waals surface area contributed by atoms with Gasteiger partial charge in [0.05, 0.1) is 11.9 Å². The Bertz CT molecular complexity index is 540. The minimum atomic E-state index is -2.48. The van der Waals surface area contributed by atoms with Crippen molar-refractivity contribution in [2.24, 2.45) is 0 Å². The Kier molecular flexibility index (Phi) is 4.93. The third-order valence-electron chi connectivity index (χ3n) is 3.74. The van der Waals surface area contributed by atoms with E-state index in [1.807, 2.05) is 0 Å². The number of carbonyl (C=O) groups is 1. The molecule has 2 heterocycles. The van der Waals surface area contributed by atoms with E-state index in [0.29, 0.717) is 5.69 Å². The first-order valence-corrected chi connectivity index (χ1v) is 7.72. The van der Waals surface area contributed by atoms with Crippen molar-refractivity contribution in [1.82, 2.24) is 20.4 Å². The summed E-state index contributed by atoms with van der Waals surface area (Å²) in [5, 5.41) is 12.9. The highest BCUT2D eigenvalue weighted by atomic mass is 19.3. The van der Waals surface area contributed by atoms with Crippen molar-refractivity contribution in [3.63, 3.8) is 0 Å². The second kappa shape index (κ2) is 6.43. The molecule has 3 N–H and O–H groups in total. The number of carbonyl (C=O) groups excluding carboxylic acids is 1. The SMILES string of the molecule is CC1(C)CC(NC(=O)Nc2cnn(CC(F)F)c2)CC(C)(C)N1. The molecule has 23 heavy (non-hydrogen) atoms. The lowest BCUT2D eigenvalue weighted by Crippen LogP contribution is -2.62. The molecule has 0 aliphatic carbocycles. The van der Waals surface area contributed by atoms with Gasteiger partial charge in [0.1, 0.15) is 6.54 Å². The number of halogens is 2. The fraction of sp³-hybridized carbons (Fsp3) is 0.733. The lowest BCUT2D eigenvalue weighted by atomic mass is 9.80. The predicted octanol–water partition coefficient (Wildman–Crippen LogP) is 2.58. The number of hydrogen-bond donors (Lipinski definition) is 3. The topological polar surface area (TPSA) is 71.0 Å². The maximum absolute atomic E-state index is 12.3. The normalized spacial score (nSPS) is 20.5. The van der Waals surface area contributed by atoms with Crippen molar-refractivity contribution in [3.05, 3.63) is 12.4 Å². The number of amides is 2. The van der Waals surface area contributed by atoms with Gasteiger partial charge >= 0.3 is 6.03 Å². The quantitative estimate of drug-likeness (QED) is 0.795. The Morgan fingerprint density at radius 3 is 2.57 bits per heavy atom. The second-order valence-corrected chi connectivity index (χ2v) is 7.44. The summed E-state index contributed by atoms with van der Waals surface area (Å²) in [5.41, 5.74) is 0.263. The Morgan fingerprint density at radius 1 is 1.39 bits per heavy atom. The number of aromatic nitrogens is 2. The average molecular weight is 329 g/mol. The number of anilines is 1. The van der Waals surface area contributed by atoms with Gasteiger partial charge in [-0.1, -0.05) is 0 Å². The molecular formula is C15H25F2N5O. The summed E-state index contributed by atoms with van der Waals surface area (Å²) in [6, 6.07) is -0.308. The van der Waals surface area contributed by atoms with Gasteiger partial charge in [-0.3, -0.25) is 4.68 Å². The first kappa shape index (κ1) is 17.7. The molecule has 130 valence electrons. The average Bonchev–Trinajstić information content (AvgIpc) is 2.70. The molecule has 0 aromatic carbocycles. The van der Waals surface area contributed by atoms with Crippen LogP contribution in [0, 0.1) is 0 Å². The van der Waals surface area contributed by atoms with Gasteiger partial charge in [0.15, 0.2) is 0 Å². The lowest BCUT2D eigenvalue weighted by molar-refractivity contribution is 0.122. The van der Waals surface area contributed by atoms with E-state index in [-0.39, 0.29) is 23.2 Å². The zero-order valence-corrected chi connectivity index (χ0v) is 14.0. The van der Waals surface area contributed by atoms with Crippen molar-refractivity contribution in [2.75, 3.05) is 5.32 Å². The number of piperidine rings is 1. The summed E-state index contributed by atoms with van der Waals surface area (Å²) in [5.74, 6) is 0. The zero-order chi connectivity index (χ0) is 17.3. The van der Waals surface area contributed by atoms with E-state index < -0.39 is 13.0 Å². The molecule has 0 atom stereocenters. The van der Waals surface area contributed by atoms with E-state index in [9.17, 15) is 13.6 Å². The van der Waals surface area contributed by atoms with Crippen LogP contribution in [0.1, 0.15) is 40.5 Å². The number of nitrogens with one attached hydrogen (secondary N) is 3. The predicted molar refractivity (Wildman–Crippen MR) is 84.7 cm³/mol. The van der Waals surface area contributed by atoms with Crippen molar-refractivity contribution >= 4 is 11.7 Å². The maximum Gasteiger partial charge on any atom is 0.319 e. The van der Waals surface area contributed by atoms with E-state index in [2.05, 4.69) is 48.7 Å². The summed E-state index contributed by atoms with van der Waals surface area (Å²) >= 11 is 0. The highest BCUT2D eigenvalue weighted by Crippen LogP contribution is 2.28. The highest BCUT2D eigenvalue weighted by Gasteiger charge is 2.38. The monoisotopic (exact) mass is 329 g/mol. The molecule has 0 unspecified atom stereocenters.